The van der Waals surface area contributed by atoms with E-state index in [1.807, 2.05) is 0 Å². The number of ether oxygens (including phenoxy) is 2. The Balaban J connectivity index is 0. The van der Waals surface area contributed by atoms with Gasteiger partial charge < -0.3 is 26.4 Å². The Labute approximate surface area is 297 Å². The third-order valence-electron chi connectivity index (χ3n) is 9.15. The normalized spacial score (nSPS) is 13.5. The van der Waals surface area contributed by atoms with Gasteiger partial charge in [-0.3, -0.25) is 0 Å². The Morgan fingerprint density at radius 3 is 1.02 bits per heavy atom. The zero-order valence-electron chi connectivity index (χ0n) is 32.3. The van der Waals surface area contributed by atoms with Crippen molar-refractivity contribution in [2.75, 3.05) is 34.4 Å². The van der Waals surface area contributed by atoms with E-state index >= 15 is 0 Å². The summed E-state index contributed by atoms with van der Waals surface area (Å²) in [6, 6.07) is 0. The average molecular weight is 671 g/mol. The van der Waals surface area contributed by atoms with Crippen LogP contribution in [-0.4, -0.2) is 51.2 Å². The molecule has 0 fully saturated rings. The lowest BCUT2D eigenvalue weighted by molar-refractivity contribution is -0.923. The van der Waals surface area contributed by atoms with E-state index in [4.69, 9.17) is 9.47 Å². The molecule has 0 spiro atoms. The van der Waals surface area contributed by atoms with Crippen molar-refractivity contribution in [3.63, 3.8) is 0 Å². The standard InChI is InChI=1S/C42H84NO2.ClH/c1-7-9-11-13-15-17-19-21-23-25-27-29-31-33-35-37-39-44-41(3)42(43(4,5)6)45-40-38-36-34-32-30-28-26-24-22-20-18-16-14-12-10-8-2;/h21-24,41-42H,7-20,25-40H2,1-6H3;1H/q+1;/p-1/b23-21-,24-22-;. The molecule has 3 nitrogen and oxygen atoms in total. The largest absolute Gasteiger partial charge is 1.00 e. The van der Waals surface area contributed by atoms with Crippen molar-refractivity contribution < 1.29 is 26.4 Å². The van der Waals surface area contributed by atoms with E-state index in [0.29, 0.717) is 0 Å². The monoisotopic (exact) mass is 670 g/mol. The van der Waals surface area contributed by atoms with E-state index in [-0.39, 0.29) is 24.7 Å². The summed E-state index contributed by atoms with van der Waals surface area (Å²) < 4.78 is 13.5. The maximum Gasteiger partial charge on any atom is 0.219 e. The van der Waals surface area contributed by atoms with Crippen LogP contribution in [0.15, 0.2) is 24.3 Å². The Morgan fingerprint density at radius 2 is 0.696 bits per heavy atom. The molecule has 0 radical (unpaired) electrons. The van der Waals surface area contributed by atoms with Crippen LogP contribution in [0.5, 0.6) is 0 Å². The molecule has 0 heterocycles. The molecule has 0 saturated heterocycles. The number of nitrogens with zero attached hydrogens (tertiary/aromatic N) is 1. The van der Waals surface area contributed by atoms with Gasteiger partial charge in [0, 0.05) is 6.61 Å². The molecule has 46 heavy (non-hydrogen) atoms. The molecule has 4 heteroatoms. The zero-order valence-corrected chi connectivity index (χ0v) is 33.1. The molecule has 2 atom stereocenters. The minimum absolute atomic E-state index is 0. The number of likely N-dealkylation sites (N-methyl/N-ethyl adjacent to an activating group) is 1. The molecule has 0 saturated carbocycles. The first kappa shape index (κ1) is 47.8. The summed E-state index contributed by atoms with van der Waals surface area (Å²) in [4.78, 5) is 0. The van der Waals surface area contributed by atoms with Crippen LogP contribution < -0.4 is 12.4 Å². The molecule has 276 valence electrons. The van der Waals surface area contributed by atoms with Crippen molar-refractivity contribution >= 4 is 0 Å². The number of hydrogen-bond donors (Lipinski definition) is 0. The van der Waals surface area contributed by atoms with Crippen LogP contribution in [0.4, 0.5) is 0 Å². The summed E-state index contributed by atoms with van der Waals surface area (Å²) in [6.07, 6.45) is 47.5. The number of hydrogen-bond acceptors (Lipinski definition) is 2. The first-order chi connectivity index (χ1) is 21.9. The van der Waals surface area contributed by atoms with Gasteiger partial charge in [0.2, 0.25) is 6.23 Å². The molecule has 0 bridgehead atoms. The quantitative estimate of drug-likeness (QED) is 0.0286. The van der Waals surface area contributed by atoms with Crippen molar-refractivity contribution in [3.8, 4) is 0 Å². The molecule has 0 aromatic carbocycles. The number of unbranched alkanes of at least 4 members (excludes halogenated alkanes) is 24. The van der Waals surface area contributed by atoms with Crippen molar-refractivity contribution in [3.05, 3.63) is 24.3 Å². The summed E-state index contributed by atoms with van der Waals surface area (Å²) in [5.41, 5.74) is 0. The van der Waals surface area contributed by atoms with E-state index in [0.717, 1.165) is 24.1 Å². The Hall–Kier alpha value is -0.350. The number of allylic oxidation sites excluding steroid dienone is 4. The highest BCUT2D eigenvalue weighted by Gasteiger charge is 2.31. The second kappa shape index (κ2) is 37.5. The van der Waals surface area contributed by atoms with E-state index in [9.17, 15) is 0 Å². The second-order valence-corrected chi connectivity index (χ2v) is 14.8. The van der Waals surface area contributed by atoms with Crippen LogP contribution in [0.1, 0.15) is 201 Å². The van der Waals surface area contributed by atoms with Crippen LogP contribution in [0, 0.1) is 0 Å². The van der Waals surface area contributed by atoms with Gasteiger partial charge in [0.1, 0.15) is 6.10 Å². The first-order valence-electron chi connectivity index (χ1n) is 20.3. The third kappa shape index (κ3) is 35.0. The molecule has 0 rings (SSSR count). The van der Waals surface area contributed by atoms with Gasteiger partial charge in [0.25, 0.3) is 0 Å². The summed E-state index contributed by atoms with van der Waals surface area (Å²) >= 11 is 0. The molecule has 0 N–H and O–H groups in total. The molecule has 0 aliphatic rings. The van der Waals surface area contributed by atoms with Gasteiger partial charge in [0.05, 0.1) is 27.7 Å². The maximum absolute atomic E-state index is 6.40. The van der Waals surface area contributed by atoms with Crippen LogP contribution in [0.25, 0.3) is 0 Å². The van der Waals surface area contributed by atoms with E-state index in [2.05, 4.69) is 66.2 Å². The fourth-order valence-electron chi connectivity index (χ4n) is 6.24. The van der Waals surface area contributed by atoms with Gasteiger partial charge in [-0.1, -0.05) is 154 Å². The van der Waals surface area contributed by atoms with Crippen molar-refractivity contribution in [1.82, 2.24) is 0 Å². The lowest BCUT2D eigenvalue weighted by atomic mass is 10.1. The minimum atomic E-state index is 0. The summed E-state index contributed by atoms with van der Waals surface area (Å²) in [5.74, 6) is 0. The molecule has 0 aliphatic heterocycles. The maximum atomic E-state index is 6.40. The van der Waals surface area contributed by atoms with Crippen molar-refractivity contribution in [1.29, 1.82) is 0 Å². The zero-order chi connectivity index (χ0) is 33.1. The third-order valence-corrected chi connectivity index (χ3v) is 9.15. The predicted octanol–water partition coefficient (Wildman–Crippen LogP) is 10.5. The molecular weight excluding hydrogens is 586 g/mol. The van der Waals surface area contributed by atoms with Crippen LogP contribution >= 0.6 is 0 Å². The molecular formula is C42H84ClNO2. The lowest BCUT2D eigenvalue weighted by Crippen LogP contribution is -3.00. The van der Waals surface area contributed by atoms with Gasteiger partial charge in [-0.25, -0.2) is 0 Å². The predicted molar refractivity (Wildman–Crippen MR) is 202 cm³/mol. The van der Waals surface area contributed by atoms with Gasteiger partial charge in [0.15, 0.2) is 0 Å². The lowest BCUT2D eigenvalue weighted by Gasteiger charge is -2.37. The molecule has 0 amide bonds. The van der Waals surface area contributed by atoms with E-state index in [1.165, 1.54) is 173 Å². The fourth-order valence-corrected chi connectivity index (χ4v) is 6.24. The van der Waals surface area contributed by atoms with Gasteiger partial charge in [-0.05, 0) is 71.1 Å². The molecule has 0 aliphatic carbocycles. The summed E-state index contributed by atoms with van der Waals surface area (Å²) in [6.45, 7) is 8.49. The van der Waals surface area contributed by atoms with Crippen molar-refractivity contribution in [2.24, 2.45) is 0 Å². The highest BCUT2D eigenvalue weighted by molar-refractivity contribution is 4.82. The van der Waals surface area contributed by atoms with E-state index in [1.54, 1.807) is 0 Å². The molecule has 0 aromatic heterocycles. The Morgan fingerprint density at radius 1 is 0.413 bits per heavy atom. The Bertz CT molecular complexity index is 630. The topological polar surface area (TPSA) is 18.5 Å². The van der Waals surface area contributed by atoms with Crippen LogP contribution in [-0.2, 0) is 9.47 Å². The SMILES string of the molecule is CCCCCCCC/C=C\CCCCCCCCOC(C)C(OCCCCCCCC/C=C\CCCCCCCC)[N+](C)(C)C.[Cl-]. The highest BCUT2D eigenvalue weighted by atomic mass is 35.5. The van der Waals surface area contributed by atoms with Gasteiger partial charge >= 0.3 is 0 Å². The van der Waals surface area contributed by atoms with Gasteiger partial charge in [-0.2, -0.15) is 0 Å². The number of rotatable bonds is 36. The molecule has 0 aromatic rings. The second-order valence-electron chi connectivity index (χ2n) is 14.8. The van der Waals surface area contributed by atoms with Crippen LogP contribution in [0.2, 0.25) is 0 Å². The Kier molecular flexibility index (Phi) is 38.9. The van der Waals surface area contributed by atoms with Crippen LogP contribution in [0.3, 0.4) is 0 Å². The highest BCUT2D eigenvalue weighted by Crippen LogP contribution is 2.16. The average Bonchev–Trinajstić information content (AvgIpc) is 3.01. The van der Waals surface area contributed by atoms with Gasteiger partial charge in [-0.15, -0.1) is 0 Å². The minimum Gasteiger partial charge on any atom is -1.00 e. The first-order valence-corrected chi connectivity index (χ1v) is 20.3. The number of quaternary nitrogens is 1. The summed E-state index contributed by atoms with van der Waals surface area (Å²) in [7, 11) is 6.70. The smallest absolute Gasteiger partial charge is 0.219 e. The number of halogens is 1. The van der Waals surface area contributed by atoms with E-state index < -0.39 is 0 Å². The summed E-state index contributed by atoms with van der Waals surface area (Å²) in [5, 5.41) is 0. The van der Waals surface area contributed by atoms with Crippen molar-refractivity contribution in [2.45, 2.75) is 213 Å². The fraction of sp³-hybridized carbons (Fsp3) is 0.905. The molecule has 2 unspecified atom stereocenters.